The Kier molecular flexibility index (Phi) is 27.0. The number of benzene rings is 6. The van der Waals surface area contributed by atoms with Crippen LogP contribution in [0.4, 0.5) is 22.7 Å². The molecule has 0 saturated carbocycles. The second kappa shape index (κ2) is 34.0. The van der Waals surface area contributed by atoms with E-state index >= 15 is 0 Å². The molecule has 20 nitrogen and oxygen atoms in total. The van der Waals surface area contributed by atoms with Crippen molar-refractivity contribution in [2.75, 3.05) is 36.0 Å². The quantitative estimate of drug-likeness (QED) is 0.0145. The molecule has 558 valence electrons. The summed E-state index contributed by atoms with van der Waals surface area (Å²) in [4.78, 5) is 86.1. The van der Waals surface area contributed by atoms with Crippen LogP contribution < -0.4 is 113 Å². The molecule has 0 aromatic heterocycles. The fourth-order valence-electron chi connectivity index (χ4n) is 16.4. The third-order valence-corrected chi connectivity index (χ3v) is 23.4. The second-order valence-corrected chi connectivity index (χ2v) is 33.3. The topological polar surface area (TPSA) is 254 Å². The Morgan fingerprint density at radius 2 is 0.889 bits per heavy atom. The van der Waals surface area contributed by atoms with Gasteiger partial charge in [0.15, 0.2) is 11.4 Å². The number of imide groups is 2. The van der Waals surface area contributed by atoms with Crippen molar-refractivity contribution in [3.63, 3.8) is 0 Å². The smallest absolute Gasteiger partial charge is 0.744 e. The van der Waals surface area contributed by atoms with E-state index in [9.17, 15) is 54.7 Å². The number of likely N-dealkylation sites (N-methyl/N-ethyl adjacent to an activating group) is 2. The summed E-state index contributed by atoms with van der Waals surface area (Å²) < 4.78 is 77.8. The maximum atomic E-state index is 12.5. The summed E-state index contributed by atoms with van der Waals surface area (Å²) in [5.41, 5.74) is 15.8. The molecule has 0 unspecified atom stereocenters. The minimum Gasteiger partial charge on any atom is -0.744 e. The van der Waals surface area contributed by atoms with Gasteiger partial charge in [-0.3, -0.25) is 19.2 Å². The van der Waals surface area contributed by atoms with E-state index in [1.807, 2.05) is 61.6 Å². The molecule has 6 aromatic rings. The van der Waals surface area contributed by atoms with Crippen LogP contribution in [-0.2, 0) is 80.3 Å². The Labute approximate surface area is 720 Å². The number of fused-ring (bicyclic) bond motifs is 8. The number of carbonyl (C=O) groups is 6. The molecule has 6 aliphatic heterocycles. The van der Waals surface area contributed by atoms with E-state index in [0.717, 1.165) is 76.0 Å². The minimum absolute atomic E-state index is 0. The van der Waals surface area contributed by atoms with Crippen LogP contribution in [0.25, 0.3) is 21.5 Å². The van der Waals surface area contributed by atoms with Crippen LogP contribution in [0.2, 0.25) is 0 Å². The average molecular weight is 1560 g/mol. The molecule has 0 bridgehead atoms. The molecule has 0 radical (unpaired) electrons. The zero-order chi connectivity index (χ0) is 76.9. The van der Waals surface area contributed by atoms with Gasteiger partial charge in [0.05, 0.1) is 20.6 Å². The number of nitrogens with zero attached hydrogens (tertiary/aromatic N) is 6. The van der Waals surface area contributed by atoms with Gasteiger partial charge in [-0.25, -0.2) is 26.4 Å². The molecule has 2 saturated heterocycles. The van der Waals surface area contributed by atoms with Crippen LogP contribution in [0.15, 0.2) is 155 Å². The van der Waals surface area contributed by atoms with Gasteiger partial charge in [0.2, 0.25) is 11.4 Å². The van der Waals surface area contributed by atoms with Crippen molar-refractivity contribution in [1.82, 2.24) is 10.1 Å². The summed E-state index contributed by atoms with van der Waals surface area (Å²) in [5, 5.41) is 4.30. The molecule has 6 aromatic carbocycles. The minimum atomic E-state index is -4.74. The first-order valence-corrected chi connectivity index (χ1v) is 39.5. The van der Waals surface area contributed by atoms with E-state index < -0.39 is 66.6 Å². The van der Waals surface area contributed by atoms with Gasteiger partial charge in [-0.15, -0.1) is 10.1 Å². The van der Waals surface area contributed by atoms with Gasteiger partial charge in [-0.05, 0) is 199 Å². The average Bonchev–Trinajstić information content (AvgIpc) is 1.56. The van der Waals surface area contributed by atoms with E-state index in [2.05, 4.69) is 150 Å². The predicted octanol–water partition coefficient (Wildman–Crippen LogP) is 8.89. The SMILES string of the molecule is CCN1C(=CC=CC2=[N+](CCCCCC(=O)ON3C(=O)CCC3=O)c3ccc(C)cc3C2(C)C)C(C)(C)c2cc(C)ccc21.CCN1C(=CC=CC=CC2=[N+](CCCCCC(=O)ON3C(=O)CCC3=O)c3ccc4c(C)cc(S(=O)(=O)[O-])cc4c3C2(C)C)C(C)(C)c2c1ccc1c(C)cc(S(=O)(=O)[O-])cc21.[K+].[K+]. The van der Waals surface area contributed by atoms with Crippen LogP contribution >= 0.6 is 0 Å². The van der Waals surface area contributed by atoms with E-state index in [1.165, 1.54) is 69.3 Å². The van der Waals surface area contributed by atoms with Gasteiger partial charge in [0, 0.05) is 133 Å². The molecular formula is C84H96K2N6O14S2+2. The zero-order valence-electron chi connectivity index (χ0n) is 65.2. The van der Waals surface area contributed by atoms with Gasteiger partial charge < -0.3 is 28.6 Å². The Morgan fingerprint density at radius 1 is 0.463 bits per heavy atom. The second-order valence-electron chi connectivity index (χ2n) is 30.5. The van der Waals surface area contributed by atoms with Crippen LogP contribution in [0.1, 0.15) is 191 Å². The summed E-state index contributed by atoms with van der Waals surface area (Å²) in [5.74, 6) is -3.13. The predicted molar refractivity (Wildman–Crippen MR) is 408 cm³/mol. The maximum Gasteiger partial charge on any atom is 1.00 e. The van der Waals surface area contributed by atoms with Crippen LogP contribution in [0.3, 0.4) is 0 Å². The molecule has 6 heterocycles. The molecule has 2 fully saturated rings. The summed E-state index contributed by atoms with van der Waals surface area (Å²) in [6, 6.07) is 27.2. The Morgan fingerprint density at radius 3 is 1.41 bits per heavy atom. The third kappa shape index (κ3) is 17.2. The Bertz CT molecular complexity index is 5130. The molecule has 0 N–H and O–H groups in total. The normalized spacial score (nSPS) is 18.3. The van der Waals surface area contributed by atoms with Crippen LogP contribution in [0, 0.1) is 27.7 Å². The first kappa shape index (κ1) is 85.8. The number of carbonyl (C=O) groups excluding carboxylic acids is 6. The molecule has 4 amide bonds. The van der Waals surface area contributed by atoms with Crippen molar-refractivity contribution in [3.05, 3.63) is 189 Å². The Hall–Kier alpha value is -6.21. The molecule has 108 heavy (non-hydrogen) atoms. The number of hydroxylamine groups is 4. The molecule has 6 aliphatic rings. The van der Waals surface area contributed by atoms with Gasteiger partial charge >= 0.3 is 115 Å². The van der Waals surface area contributed by atoms with Crippen molar-refractivity contribution in [1.29, 1.82) is 0 Å². The summed E-state index contributed by atoms with van der Waals surface area (Å²) in [7, 11) is -9.41. The van der Waals surface area contributed by atoms with Gasteiger partial charge in [-0.1, -0.05) is 87.4 Å². The standard InChI is InChI=1S/C47H51N3O10S2.C37H46N3O4.2K/c1-8-48-37-20-18-33-29(2)25-31(61(54,55)56)27-35(33)44(37)46(4,5)39(48)15-11-9-12-16-40-47(6,7)45-36-28-32(62(57,58)59)26-30(3)34(36)19-21-38(45)49(40)24-14-10-13-17-43(53)60-50-41(51)22-23-42(50)52;1-8-38-29-18-16-25(2)23-27(29)36(4,5)31(38)13-12-14-32-37(6,7)28-24-26(3)17-19-30(28)39(32)22-11-9-10-15-35(43)44-40-33(41)20-21-34(40)42;;/h9,11-12,15-16,18-21,25-28H,8,10,13-14,17,22-24H2,1-7H3,(H-,54,55,56,57,58,59);12-14,16-19,23-24H,8-11,15,20-22H2,1-7H3;;/q;3*+1/p-1. The first-order chi connectivity index (χ1) is 49.9. The number of hydrogen-bond acceptors (Lipinski definition) is 16. The number of amides is 4. The number of anilines is 2. The maximum absolute atomic E-state index is 12.5. The summed E-state index contributed by atoms with van der Waals surface area (Å²) in [6.45, 7) is 32.6. The zero-order valence-corrected chi connectivity index (χ0v) is 73.1. The van der Waals surface area contributed by atoms with Gasteiger partial charge in [0.25, 0.3) is 23.6 Å². The van der Waals surface area contributed by atoms with Crippen LogP contribution in [-0.4, -0.2) is 118 Å². The van der Waals surface area contributed by atoms with E-state index in [1.54, 1.807) is 13.8 Å². The molecule has 24 heteroatoms. The third-order valence-electron chi connectivity index (χ3n) is 21.7. The molecule has 0 spiro atoms. The van der Waals surface area contributed by atoms with Crippen molar-refractivity contribution < 1.29 is 176 Å². The number of hydrogen-bond donors (Lipinski definition) is 0. The van der Waals surface area contributed by atoms with Gasteiger partial charge in [-0.2, -0.15) is 9.15 Å². The largest absolute Gasteiger partial charge is 1.00 e. The van der Waals surface area contributed by atoms with Crippen molar-refractivity contribution in [2.24, 2.45) is 0 Å². The number of aryl methyl sites for hydroxylation is 4. The fourth-order valence-corrected chi connectivity index (χ4v) is 17.5. The van der Waals surface area contributed by atoms with E-state index in [0.29, 0.717) is 65.4 Å². The van der Waals surface area contributed by atoms with Crippen molar-refractivity contribution in [3.8, 4) is 0 Å². The first-order valence-electron chi connectivity index (χ1n) is 36.7. The van der Waals surface area contributed by atoms with E-state index in [-0.39, 0.29) is 162 Å². The number of allylic oxidation sites excluding steroid dienone is 10. The van der Waals surface area contributed by atoms with Gasteiger partial charge in [0.1, 0.15) is 33.3 Å². The van der Waals surface area contributed by atoms with Crippen molar-refractivity contribution >= 4 is 112 Å². The van der Waals surface area contributed by atoms with Crippen LogP contribution in [0.5, 0.6) is 0 Å². The van der Waals surface area contributed by atoms with E-state index in [4.69, 9.17) is 9.68 Å². The number of unbranched alkanes of at least 4 members (excludes halogenated alkanes) is 4. The number of rotatable bonds is 23. The monoisotopic (exact) mass is 1550 g/mol. The molecule has 12 rings (SSSR count). The van der Waals surface area contributed by atoms with Crippen molar-refractivity contribution in [2.45, 2.75) is 205 Å². The molecule has 0 aliphatic carbocycles. The fraction of sp³-hybridized carbons (Fsp3) is 0.405. The molecular weight excluding hydrogens is 1460 g/mol. The summed E-state index contributed by atoms with van der Waals surface area (Å²) >= 11 is 0. The summed E-state index contributed by atoms with van der Waals surface area (Å²) in [6.07, 6.45) is 21.2. The molecule has 0 atom stereocenters. The Balaban J connectivity index is 0.000000258.